The van der Waals surface area contributed by atoms with Crippen LogP contribution in [0.3, 0.4) is 0 Å². The lowest BCUT2D eigenvalue weighted by molar-refractivity contribution is -0.115. The minimum atomic E-state index is -0.0779. The zero-order valence-corrected chi connectivity index (χ0v) is 19.7. The number of ether oxygens (including phenoxy) is 1. The third-order valence-electron chi connectivity index (χ3n) is 11.1. The van der Waals surface area contributed by atoms with Gasteiger partial charge < -0.3 is 9.84 Å². The number of fused-ring (bicyclic) bond motifs is 8. The fourth-order valence-electron chi connectivity index (χ4n) is 9.53. The van der Waals surface area contributed by atoms with Crippen molar-refractivity contribution in [2.45, 2.75) is 117 Å². The van der Waals surface area contributed by atoms with Crippen molar-refractivity contribution in [3.63, 3.8) is 0 Å². The molecule has 0 spiro atoms. The molecule has 2 heteroatoms. The van der Waals surface area contributed by atoms with Gasteiger partial charge in [-0.1, -0.05) is 53.9 Å². The molecule has 5 aliphatic rings. The lowest BCUT2D eigenvalue weighted by atomic mass is 9.44. The molecule has 0 bridgehead atoms. The van der Waals surface area contributed by atoms with Gasteiger partial charge in [0.25, 0.3) is 0 Å². The minimum absolute atomic E-state index is 0.0779. The van der Waals surface area contributed by atoms with Crippen LogP contribution in [0.5, 0.6) is 0 Å². The quantitative estimate of drug-likeness (QED) is 0.536. The van der Waals surface area contributed by atoms with Crippen LogP contribution in [0, 0.1) is 52.3 Å². The zero-order chi connectivity index (χ0) is 20.6. The summed E-state index contributed by atoms with van der Waals surface area (Å²) in [5.74, 6) is 5.82. The monoisotopic (exact) mass is 402 g/mol. The van der Waals surface area contributed by atoms with Crippen molar-refractivity contribution in [3.8, 4) is 0 Å². The lowest BCUT2D eigenvalue weighted by Gasteiger charge is -2.59. The molecule has 5 fully saturated rings. The van der Waals surface area contributed by atoms with Gasteiger partial charge in [0.05, 0.1) is 18.3 Å². The first-order chi connectivity index (χ1) is 13.8. The molecule has 166 valence electrons. The molecule has 11 atom stereocenters. The van der Waals surface area contributed by atoms with Gasteiger partial charge in [0, 0.05) is 0 Å². The zero-order valence-electron chi connectivity index (χ0n) is 19.7. The standard InChI is InChI=1S/C27H46O2/c1-16(2)7-6-8-17(3)19-9-10-20-23-21(12-14-26(19,20)4)27(5)13-11-18(28)15-22(27)24-25(23)29-24/h16-25,28H,6-15H2,1-5H3/t17-,18+,19-,20+,21+,22-,23+,24-,25-,26-,27-/m1/s1. The molecular formula is C27H46O2. The van der Waals surface area contributed by atoms with Crippen LogP contribution in [0.4, 0.5) is 0 Å². The molecule has 0 aromatic heterocycles. The molecule has 4 saturated carbocycles. The van der Waals surface area contributed by atoms with Crippen LogP contribution < -0.4 is 0 Å². The summed E-state index contributed by atoms with van der Waals surface area (Å²) in [5, 5.41) is 10.3. The molecular weight excluding hydrogens is 356 g/mol. The molecule has 0 aromatic rings. The van der Waals surface area contributed by atoms with Crippen LogP contribution in [-0.2, 0) is 4.74 Å². The van der Waals surface area contributed by atoms with E-state index in [4.69, 9.17) is 4.74 Å². The highest BCUT2D eigenvalue weighted by atomic mass is 16.6. The Hall–Kier alpha value is -0.0800. The van der Waals surface area contributed by atoms with Gasteiger partial charge in [-0.25, -0.2) is 0 Å². The largest absolute Gasteiger partial charge is 0.393 e. The second kappa shape index (κ2) is 7.22. The number of hydrogen-bond donors (Lipinski definition) is 1. The average molecular weight is 403 g/mol. The van der Waals surface area contributed by atoms with E-state index in [-0.39, 0.29) is 6.10 Å². The summed E-state index contributed by atoms with van der Waals surface area (Å²) in [4.78, 5) is 0. The van der Waals surface area contributed by atoms with Gasteiger partial charge in [-0.3, -0.25) is 0 Å². The van der Waals surface area contributed by atoms with Crippen molar-refractivity contribution in [2.75, 3.05) is 0 Å². The van der Waals surface area contributed by atoms with Gasteiger partial charge in [0.2, 0.25) is 0 Å². The van der Waals surface area contributed by atoms with E-state index in [0.29, 0.717) is 29.0 Å². The normalized spacial score (nSPS) is 54.3. The number of rotatable bonds is 5. The molecule has 4 aliphatic carbocycles. The van der Waals surface area contributed by atoms with Crippen LogP contribution in [0.25, 0.3) is 0 Å². The summed E-state index contributed by atoms with van der Waals surface area (Å²) in [5.41, 5.74) is 0.968. The Kier molecular flexibility index (Phi) is 5.18. The SMILES string of the molecule is CC(C)CCC[C@@H](C)[C@H]1CC[C@H]2[C@@H]3[C@H]4O[C@@H]4[C@H]4C[C@@H](O)CC[C@]4(C)[C@H]3CC[C@]12C. The fraction of sp³-hybridized carbons (Fsp3) is 1.00. The summed E-state index contributed by atoms with van der Waals surface area (Å²) in [7, 11) is 0. The molecule has 1 saturated heterocycles. The van der Waals surface area contributed by atoms with Crippen LogP contribution in [-0.4, -0.2) is 23.4 Å². The van der Waals surface area contributed by atoms with E-state index in [1.807, 2.05) is 0 Å². The molecule has 1 aliphatic heterocycles. The van der Waals surface area contributed by atoms with Gasteiger partial charge in [-0.15, -0.1) is 0 Å². The Morgan fingerprint density at radius 3 is 2.34 bits per heavy atom. The molecule has 1 heterocycles. The van der Waals surface area contributed by atoms with Gasteiger partial charge in [0.15, 0.2) is 0 Å². The summed E-state index contributed by atoms with van der Waals surface area (Å²) >= 11 is 0. The minimum Gasteiger partial charge on any atom is -0.393 e. The Balaban J connectivity index is 1.34. The number of hydrogen-bond acceptors (Lipinski definition) is 2. The summed E-state index contributed by atoms with van der Waals surface area (Å²) < 4.78 is 6.46. The Morgan fingerprint density at radius 2 is 1.59 bits per heavy atom. The van der Waals surface area contributed by atoms with Gasteiger partial charge in [-0.2, -0.15) is 0 Å². The number of aliphatic hydroxyl groups excluding tert-OH is 1. The molecule has 1 N–H and O–H groups in total. The van der Waals surface area contributed by atoms with Crippen molar-refractivity contribution < 1.29 is 9.84 Å². The van der Waals surface area contributed by atoms with E-state index in [1.54, 1.807) is 0 Å². The Morgan fingerprint density at radius 1 is 0.862 bits per heavy atom. The number of aliphatic hydroxyl groups is 1. The van der Waals surface area contributed by atoms with Crippen LogP contribution >= 0.6 is 0 Å². The maximum atomic E-state index is 10.3. The van der Waals surface area contributed by atoms with E-state index in [1.165, 1.54) is 51.4 Å². The van der Waals surface area contributed by atoms with Gasteiger partial charge in [0.1, 0.15) is 0 Å². The predicted octanol–water partition coefficient (Wildman–Crippen LogP) is 6.46. The van der Waals surface area contributed by atoms with Crippen molar-refractivity contribution in [1.29, 1.82) is 0 Å². The maximum absolute atomic E-state index is 10.3. The highest BCUT2D eigenvalue weighted by molar-refractivity contribution is 5.18. The van der Waals surface area contributed by atoms with E-state index < -0.39 is 0 Å². The van der Waals surface area contributed by atoms with Gasteiger partial charge >= 0.3 is 0 Å². The molecule has 0 amide bonds. The summed E-state index contributed by atoms with van der Waals surface area (Å²) in [6, 6.07) is 0. The topological polar surface area (TPSA) is 32.8 Å². The van der Waals surface area contributed by atoms with Crippen LogP contribution in [0.1, 0.15) is 98.8 Å². The van der Waals surface area contributed by atoms with Crippen molar-refractivity contribution >= 4 is 0 Å². The smallest absolute Gasteiger partial charge is 0.0879 e. The lowest BCUT2D eigenvalue weighted by Crippen LogP contribution is -2.57. The average Bonchev–Trinajstić information content (AvgIpc) is 3.37. The van der Waals surface area contributed by atoms with Crippen molar-refractivity contribution in [2.24, 2.45) is 52.3 Å². The van der Waals surface area contributed by atoms with E-state index in [2.05, 4.69) is 34.6 Å². The predicted molar refractivity (Wildman–Crippen MR) is 119 cm³/mol. The van der Waals surface area contributed by atoms with Crippen molar-refractivity contribution in [3.05, 3.63) is 0 Å². The van der Waals surface area contributed by atoms with Gasteiger partial charge in [-0.05, 0) is 97.2 Å². The first-order valence-corrected chi connectivity index (χ1v) is 13.1. The third kappa shape index (κ3) is 3.17. The van der Waals surface area contributed by atoms with Crippen LogP contribution in [0.15, 0.2) is 0 Å². The maximum Gasteiger partial charge on any atom is 0.0879 e. The summed E-state index contributed by atoms with van der Waals surface area (Å²) in [6.07, 6.45) is 14.2. The fourth-order valence-corrected chi connectivity index (χ4v) is 9.53. The highest BCUT2D eigenvalue weighted by Gasteiger charge is 2.70. The Labute approximate surface area is 179 Å². The van der Waals surface area contributed by atoms with E-state index >= 15 is 0 Å². The van der Waals surface area contributed by atoms with E-state index in [0.717, 1.165) is 48.3 Å². The first-order valence-electron chi connectivity index (χ1n) is 13.1. The molecule has 0 unspecified atom stereocenters. The second-order valence-corrected chi connectivity index (χ2v) is 12.9. The molecule has 0 radical (unpaired) electrons. The van der Waals surface area contributed by atoms with Crippen molar-refractivity contribution in [1.82, 2.24) is 0 Å². The molecule has 5 rings (SSSR count). The Bertz CT molecular complexity index is 616. The third-order valence-corrected chi connectivity index (χ3v) is 11.1. The van der Waals surface area contributed by atoms with E-state index in [9.17, 15) is 5.11 Å². The first kappa shape index (κ1) is 20.8. The highest BCUT2D eigenvalue weighted by Crippen LogP contribution is 2.71. The van der Waals surface area contributed by atoms with Crippen LogP contribution in [0.2, 0.25) is 0 Å². The number of epoxide rings is 1. The summed E-state index contributed by atoms with van der Waals surface area (Å²) in [6.45, 7) is 12.6. The molecule has 0 aromatic carbocycles. The molecule has 2 nitrogen and oxygen atoms in total. The molecule has 29 heavy (non-hydrogen) atoms. The second-order valence-electron chi connectivity index (χ2n) is 12.9.